The van der Waals surface area contributed by atoms with Crippen molar-refractivity contribution >= 4 is 27.5 Å². The molecule has 0 bridgehead atoms. The summed E-state index contributed by atoms with van der Waals surface area (Å²) in [5.74, 6) is 1.35. The third-order valence-electron chi connectivity index (χ3n) is 1.75. The molecule has 0 atom stereocenters. The van der Waals surface area contributed by atoms with Crippen molar-refractivity contribution in [2.75, 3.05) is 7.11 Å². The average molecular weight is 250 g/mol. The van der Waals surface area contributed by atoms with Gasteiger partial charge in [0.15, 0.2) is 0 Å². The fraction of sp³-hybridized carbons (Fsp3) is 0.333. The minimum atomic E-state index is 0.523. The summed E-state index contributed by atoms with van der Waals surface area (Å²) >= 11 is 9.15. The zero-order chi connectivity index (χ0) is 9.14. The zero-order valence-corrected chi connectivity index (χ0v) is 9.37. The van der Waals surface area contributed by atoms with Gasteiger partial charge in [-0.1, -0.05) is 0 Å². The maximum absolute atomic E-state index is 5.74. The zero-order valence-electron chi connectivity index (χ0n) is 7.03. The van der Waals surface area contributed by atoms with Crippen LogP contribution in [-0.2, 0) is 5.88 Å². The fourth-order valence-corrected chi connectivity index (χ4v) is 1.90. The van der Waals surface area contributed by atoms with Gasteiger partial charge < -0.3 is 4.74 Å². The molecule has 0 aliphatic heterocycles. The summed E-state index contributed by atoms with van der Waals surface area (Å²) in [6.07, 6.45) is 0. The highest BCUT2D eigenvalue weighted by Gasteiger charge is 2.04. The molecule has 66 valence electrons. The van der Waals surface area contributed by atoms with Crippen molar-refractivity contribution in [3.63, 3.8) is 0 Å². The lowest BCUT2D eigenvalue weighted by molar-refractivity contribution is 0.411. The van der Waals surface area contributed by atoms with E-state index in [1.807, 2.05) is 19.1 Å². The summed E-state index contributed by atoms with van der Waals surface area (Å²) in [5.41, 5.74) is 2.29. The van der Waals surface area contributed by atoms with E-state index < -0.39 is 0 Å². The molecule has 0 unspecified atom stereocenters. The molecule has 12 heavy (non-hydrogen) atoms. The van der Waals surface area contributed by atoms with E-state index in [0.717, 1.165) is 15.8 Å². The Morgan fingerprint density at radius 1 is 1.50 bits per heavy atom. The van der Waals surface area contributed by atoms with E-state index in [0.29, 0.717) is 5.88 Å². The molecule has 0 fully saturated rings. The van der Waals surface area contributed by atoms with Gasteiger partial charge in [0.1, 0.15) is 5.75 Å². The summed E-state index contributed by atoms with van der Waals surface area (Å²) < 4.78 is 6.11. The van der Waals surface area contributed by atoms with Gasteiger partial charge in [0.2, 0.25) is 0 Å². The molecular formula is C9H10BrClO. The number of alkyl halides is 1. The Hall–Kier alpha value is -0.210. The molecule has 1 nitrogen and oxygen atoms in total. The summed E-state index contributed by atoms with van der Waals surface area (Å²) in [5, 5.41) is 0. The van der Waals surface area contributed by atoms with E-state index in [2.05, 4.69) is 15.9 Å². The van der Waals surface area contributed by atoms with Crippen LogP contribution in [0.1, 0.15) is 11.1 Å². The second-order valence-corrected chi connectivity index (χ2v) is 3.67. The molecule has 1 rings (SSSR count). The summed E-state index contributed by atoms with van der Waals surface area (Å²) in [4.78, 5) is 0. The molecule has 1 aromatic rings. The third-order valence-corrected chi connectivity index (χ3v) is 2.66. The van der Waals surface area contributed by atoms with E-state index in [9.17, 15) is 0 Å². The highest BCUT2D eigenvalue weighted by atomic mass is 79.9. The van der Waals surface area contributed by atoms with Crippen LogP contribution in [0.15, 0.2) is 16.6 Å². The fourth-order valence-electron chi connectivity index (χ4n) is 0.995. The predicted octanol–water partition coefficient (Wildman–Crippen LogP) is 3.50. The molecule has 0 amide bonds. The van der Waals surface area contributed by atoms with Crippen molar-refractivity contribution in [2.24, 2.45) is 0 Å². The van der Waals surface area contributed by atoms with Crippen molar-refractivity contribution in [1.29, 1.82) is 0 Å². The van der Waals surface area contributed by atoms with Crippen LogP contribution in [0.5, 0.6) is 5.75 Å². The third kappa shape index (κ3) is 1.93. The van der Waals surface area contributed by atoms with E-state index in [-0.39, 0.29) is 0 Å². The molecule has 0 aliphatic carbocycles. The first kappa shape index (κ1) is 9.87. The van der Waals surface area contributed by atoms with E-state index >= 15 is 0 Å². The second-order valence-electron chi connectivity index (χ2n) is 2.55. The highest BCUT2D eigenvalue weighted by Crippen LogP contribution is 2.28. The maximum atomic E-state index is 5.74. The van der Waals surface area contributed by atoms with Crippen LogP contribution < -0.4 is 4.74 Å². The molecule has 0 saturated carbocycles. The summed E-state index contributed by atoms with van der Waals surface area (Å²) in [7, 11) is 1.65. The van der Waals surface area contributed by atoms with Crippen molar-refractivity contribution in [3.8, 4) is 5.75 Å². The number of halogens is 2. The molecule has 0 N–H and O–H groups in total. The van der Waals surface area contributed by atoms with Gasteiger partial charge in [-0.25, -0.2) is 0 Å². The lowest BCUT2D eigenvalue weighted by atomic mass is 10.1. The summed E-state index contributed by atoms with van der Waals surface area (Å²) in [6, 6.07) is 3.96. The number of ether oxygens (including phenoxy) is 1. The van der Waals surface area contributed by atoms with Crippen LogP contribution in [0.2, 0.25) is 0 Å². The van der Waals surface area contributed by atoms with Crippen LogP contribution >= 0.6 is 27.5 Å². The largest absolute Gasteiger partial charge is 0.496 e. The quantitative estimate of drug-likeness (QED) is 0.729. The number of rotatable bonds is 2. The number of benzene rings is 1. The minimum Gasteiger partial charge on any atom is -0.496 e. The SMILES string of the molecule is COc1cc(CCl)c(C)cc1Br. The Bertz CT molecular complexity index is 261. The second kappa shape index (κ2) is 4.15. The van der Waals surface area contributed by atoms with Crippen LogP contribution in [0, 0.1) is 6.92 Å². The number of aryl methyl sites for hydroxylation is 1. The normalized spacial score (nSPS) is 10.0. The first-order valence-corrected chi connectivity index (χ1v) is 4.90. The van der Waals surface area contributed by atoms with Crippen molar-refractivity contribution < 1.29 is 4.74 Å². The molecule has 1 aromatic carbocycles. The van der Waals surface area contributed by atoms with Gasteiger partial charge in [-0.05, 0) is 46.1 Å². The average Bonchev–Trinajstić information content (AvgIpc) is 2.05. The Balaban J connectivity index is 3.18. The minimum absolute atomic E-state index is 0.523. The van der Waals surface area contributed by atoms with Gasteiger partial charge >= 0.3 is 0 Å². The number of hydrogen-bond donors (Lipinski definition) is 0. The lowest BCUT2D eigenvalue weighted by Gasteiger charge is -2.07. The number of methoxy groups -OCH3 is 1. The van der Waals surface area contributed by atoms with Gasteiger partial charge in [0, 0.05) is 5.88 Å². The van der Waals surface area contributed by atoms with Gasteiger partial charge in [-0.2, -0.15) is 0 Å². The predicted molar refractivity (Wildman–Crippen MR) is 55.0 cm³/mol. The topological polar surface area (TPSA) is 9.23 Å². The molecule has 3 heteroatoms. The van der Waals surface area contributed by atoms with Gasteiger partial charge in [0.05, 0.1) is 11.6 Å². The smallest absolute Gasteiger partial charge is 0.133 e. The molecule has 0 saturated heterocycles. The van der Waals surface area contributed by atoms with Crippen molar-refractivity contribution in [2.45, 2.75) is 12.8 Å². The first-order chi connectivity index (χ1) is 5.69. The maximum Gasteiger partial charge on any atom is 0.133 e. The van der Waals surface area contributed by atoms with E-state index in [1.54, 1.807) is 7.11 Å². The molecule has 0 radical (unpaired) electrons. The highest BCUT2D eigenvalue weighted by molar-refractivity contribution is 9.10. The lowest BCUT2D eigenvalue weighted by Crippen LogP contribution is -1.90. The Labute approximate surface area is 85.8 Å². The molecule has 0 spiro atoms. The molecular weight excluding hydrogens is 239 g/mol. The van der Waals surface area contributed by atoms with Crippen LogP contribution in [0.25, 0.3) is 0 Å². The summed E-state index contributed by atoms with van der Waals surface area (Å²) in [6.45, 7) is 2.03. The van der Waals surface area contributed by atoms with Gasteiger partial charge in [-0.3, -0.25) is 0 Å². The molecule has 0 heterocycles. The molecule has 0 aromatic heterocycles. The van der Waals surface area contributed by atoms with Gasteiger partial charge in [0.25, 0.3) is 0 Å². The van der Waals surface area contributed by atoms with Crippen LogP contribution in [0.4, 0.5) is 0 Å². The Morgan fingerprint density at radius 3 is 2.67 bits per heavy atom. The number of hydrogen-bond acceptors (Lipinski definition) is 1. The van der Waals surface area contributed by atoms with Crippen molar-refractivity contribution in [1.82, 2.24) is 0 Å². The monoisotopic (exact) mass is 248 g/mol. The van der Waals surface area contributed by atoms with Crippen LogP contribution in [0.3, 0.4) is 0 Å². The molecule has 0 aliphatic rings. The Kier molecular flexibility index (Phi) is 3.41. The standard InChI is InChI=1S/C9H10BrClO/c1-6-3-8(10)9(12-2)4-7(6)5-11/h3-4H,5H2,1-2H3. The van der Waals surface area contributed by atoms with E-state index in [1.165, 1.54) is 5.56 Å². The van der Waals surface area contributed by atoms with Crippen molar-refractivity contribution in [3.05, 3.63) is 27.7 Å². The van der Waals surface area contributed by atoms with Crippen LogP contribution in [-0.4, -0.2) is 7.11 Å². The first-order valence-electron chi connectivity index (χ1n) is 3.58. The van der Waals surface area contributed by atoms with E-state index in [4.69, 9.17) is 16.3 Å². The Morgan fingerprint density at radius 2 is 2.17 bits per heavy atom. The van der Waals surface area contributed by atoms with Gasteiger partial charge in [-0.15, -0.1) is 11.6 Å².